The third-order valence-corrected chi connectivity index (χ3v) is 6.44. The summed E-state index contributed by atoms with van der Waals surface area (Å²) >= 11 is 12.6. The molecular formula is C29H34Cl2FN3O. The SMILES string of the molecule is C=C/C(Cl)=C(COC[C@@H]1CCC=N/C(c2ccc(F)cc2)=C(/c2ccncc2)N1C)\C(Cl)=C/C.CC. The summed E-state index contributed by atoms with van der Waals surface area (Å²) in [5.41, 5.74) is 4.19. The Kier molecular flexibility index (Phi) is 12.6. The molecule has 0 spiro atoms. The molecule has 36 heavy (non-hydrogen) atoms. The monoisotopic (exact) mass is 529 g/mol. The van der Waals surface area contributed by atoms with Gasteiger partial charge in [0.05, 0.1) is 30.6 Å². The van der Waals surface area contributed by atoms with E-state index in [9.17, 15) is 4.39 Å². The molecule has 0 unspecified atom stereocenters. The molecule has 0 saturated heterocycles. The van der Waals surface area contributed by atoms with Crippen molar-refractivity contribution in [3.05, 3.63) is 100 Å². The van der Waals surface area contributed by atoms with Gasteiger partial charge in [0.1, 0.15) is 5.82 Å². The molecule has 3 rings (SSSR count). The van der Waals surface area contributed by atoms with Crippen molar-refractivity contribution in [2.45, 2.75) is 39.7 Å². The lowest BCUT2D eigenvalue weighted by Crippen LogP contribution is -2.36. The fourth-order valence-electron chi connectivity index (χ4n) is 3.74. The minimum absolute atomic E-state index is 0.0542. The summed E-state index contributed by atoms with van der Waals surface area (Å²) in [5.74, 6) is -0.286. The zero-order chi connectivity index (χ0) is 26.5. The standard InChI is InChI=1S/C27H28Cl2FN3O.C2H6/c1-4-24(28)23(25(29)5-2)18-34-17-22-7-6-14-32-26(19-8-10-21(30)11-9-19)27(33(22)3)20-12-15-31-16-13-20;1-2/h4-5,8-16,22H,1,6-7,17-18H2,2-3H3;1-2H3/b24-23+,25-5+,27-26-,32-14?;/t22-;/m0./s1. The first-order valence-electron chi connectivity index (χ1n) is 12.0. The summed E-state index contributed by atoms with van der Waals surface area (Å²) in [5, 5.41) is 1.01. The van der Waals surface area contributed by atoms with E-state index >= 15 is 0 Å². The predicted octanol–water partition coefficient (Wildman–Crippen LogP) is 8.08. The highest BCUT2D eigenvalue weighted by Crippen LogP contribution is 2.33. The lowest BCUT2D eigenvalue weighted by atomic mass is 10.0. The number of nitrogens with zero attached hydrogens (tertiary/aromatic N) is 3. The highest BCUT2D eigenvalue weighted by atomic mass is 35.5. The van der Waals surface area contributed by atoms with Crippen LogP contribution in [0.1, 0.15) is 44.7 Å². The topological polar surface area (TPSA) is 37.7 Å². The van der Waals surface area contributed by atoms with Gasteiger partial charge >= 0.3 is 0 Å². The van der Waals surface area contributed by atoms with Gasteiger partial charge in [0.2, 0.25) is 0 Å². The van der Waals surface area contributed by atoms with E-state index in [0.717, 1.165) is 35.4 Å². The van der Waals surface area contributed by atoms with Gasteiger partial charge in [-0.2, -0.15) is 0 Å². The van der Waals surface area contributed by atoms with Gasteiger partial charge in [0, 0.05) is 52.4 Å². The van der Waals surface area contributed by atoms with Gasteiger partial charge in [0.15, 0.2) is 0 Å². The molecule has 1 atom stereocenters. The Bertz CT molecular complexity index is 1110. The fraction of sp³-hybridized carbons (Fsp3) is 0.310. The lowest BCUT2D eigenvalue weighted by molar-refractivity contribution is 0.102. The molecule has 2 aromatic rings. The fourth-order valence-corrected chi connectivity index (χ4v) is 4.10. The molecule has 0 N–H and O–H groups in total. The van der Waals surface area contributed by atoms with Crippen molar-refractivity contribution < 1.29 is 9.13 Å². The van der Waals surface area contributed by atoms with Crippen molar-refractivity contribution in [2.24, 2.45) is 4.99 Å². The number of likely N-dealkylation sites (N-methyl/N-ethyl adjacent to an activating group) is 1. The molecule has 4 nitrogen and oxygen atoms in total. The van der Waals surface area contributed by atoms with Crippen LogP contribution in [-0.4, -0.2) is 42.4 Å². The largest absolute Gasteiger partial charge is 0.375 e. The maximum atomic E-state index is 13.6. The Labute approximate surface area is 224 Å². The second kappa shape index (κ2) is 15.4. The van der Waals surface area contributed by atoms with Crippen LogP contribution in [-0.2, 0) is 4.74 Å². The molecule has 0 amide bonds. The second-order valence-electron chi connectivity index (χ2n) is 7.78. The first-order chi connectivity index (χ1) is 17.5. The number of aliphatic imine (C=N–C) groups is 1. The van der Waals surface area contributed by atoms with E-state index in [1.54, 1.807) is 36.7 Å². The summed E-state index contributed by atoms with van der Waals surface area (Å²) in [6.07, 6.45) is 10.4. The van der Waals surface area contributed by atoms with Crippen LogP contribution >= 0.6 is 23.2 Å². The molecule has 7 heteroatoms. The van der Waals surface area contributed by atoms with E-state index in [4.69, 9.17) is 32.9 Å². The maximum Gasteiger partial charge on any atom is 0.123 e. The Morgan fingerprint density at radius 2 is 1.81 bits per heavy atom. The number of ether oxygens (including phenoxy) is 1. The Morgan fingerprint density at radius 3 is 2.42 bits per heavy atom. The maximum absolute atomic E-state index is 13.6. The van der Waals surface area contributed by atoms with Gasteiger partial charge in [-0.05, 0) is 56.2 Å². The Morgan fingerprint density at radius 1 is 1.14 bits per heavy atom. The highest BCUT2D eigenvalue weighted by molar-refractivity contribution is 6.36. The lowest BCUT2D eigenvalue weighted by Gasteiger charge is -2.34. The van der Waals surface area contributed by atoms with Crippen LogP contribution in [0, 0.1) is 5.82 Å². The number of aromatic nitrogens is 1. The zero-order valence-electron chi connectivity index (χ0n) is 21.3. The average Bonchev–Trinajstić information content (AvgIpc) is 2.91. The molecule has 1 aromatic carbocycles. The quantitative estimate of drug-likeness (QED) is 0.324. The van der Waals surface area contributed by atoms with Gasteiger partial charge in [-0.3, -0.25) is 9.98 Å². The molecule has 1 aliphatic heterocycles. The van der Waals surface area contributed by atoms with E-state index in [1.165, 1.54) is 12.1 Å². The number of benzene rings is 1. The van der Waals surface area contributed by atoms with E-state index in [1.807, 2.05) is 46.2 Å². The molecule has 0 radical (unpaired) electrons. The number of halogens is 3. The van der Waals surface area contributed by atoms with Gasteiger partial charge < -0.3 is 9.64 Å². The van der Waals surface area contributed by atoms with Crippen LogP contribution in [0.15, 0.2) is 88.2 Å². The van der Waals surface area contributed by atoms with Gasteiger partial charge in [0.25, 0.3) is 0 Å². The molecule has 0 fully saturated rings. The molecule has 192 valence electrons. The molecular weight excluding hydrogens is 496 g/mol. The van der Waals surface area contributed by atoms with Crippen molar-refractivity contribution in [3.8, 4) is 0 Å². The highest BCUT2D eigenvalue weighted by Gasteiger charge is 2.24. The van der Waals surface area contributed by atoms with Crippen molar-refractivity contribution in [1.82, 2.24) is 9.88 Å². The zero-order valence-corrected chi connectivity index (χ0v) is 22.9. The van der Waals surface area contributed by atoms with Crippen molar-refractivity contribution in [3.63, 3.8) is 0 Å². The summed E-state index contributed by atoms with van der Waals surface area (Å²) in [6.45, 7) is 10.3. The molecule has 0 bridgehead atoms. The minimum atomic E-state index is -0.286. The van der Waals surface area contributed by atoms with Crippen molar-refractivity contribution in [2.75, 3.05) is 20.3 Å². The number of pyridine rings is 1. The average molecular weight is 531 g/mol. The van der Waals surface area contributed by atoms with E-state index in [2.05, 4.69) is 16.5 Å². The van der Waals surface area contributed by atoms with Crippen LogP contribution in [0.5, 0.6) is 0 Å². The van der Waals surface area contributed by atoms with Crippen LogP contribution in [0.25, 0.3) is 11.4 Å². The van der Waals surface area contributed by atoms with E-state index < -0.39 is 0 Å². The minimum Gasteiger partial charge on any atom is -0.375 e. The number of hydrogen-bond donors (Lipinski definition) is 0. The number of allylic oxidation sites excluding steroid dienone is 3. The Hall–Kier alpha value is -2.73. The normalized spacial score (nSPS) is 19.0. The van der Waals surface area contributed by atoms with Gasteiger partial charge in [-0.15, -0.1) is 0 Å². The number of rotatable bonds is 8. The van der Waals surface area contributed by atoms with Gasteiger partial charge in [-0.25, -0.2) is 4.39 Å². The van der Waals surface area contributed by atoms with E-state index in [-0.39, 0.29) is 18.5 Å². The first-order valence-corrected chi connectivity index (χ1v) is 12.8. The summed E-state index contributed by atoms with van der Waals surface area (Å²) in [6, 6.07) is 10.3. The van der Waals surface area contributed by atoms with Crippen molar-refractivity contribution in [1.29, 1.82) is 0 Å². The second-order valence-corrected chi connectivity index (χ2v) is 8.59. The molecule has 2 heterocycles. The van der Waals surface area contributed by atoms with Crippen LogP contribution in [0.4, 0.5) is 4.39 Å². The molecule has 1 aromatic heterocycles. The smallest absolute Gasteiger partial charge is 0.123 e. The molecule has 0 aliphatic carbocycles. The van der Waals surface area contributed by atoms with Gasteiger partial charge in [-0.1, -0.05) is 55.8 Å². The van der Waals surface area contributed by atoms with E-state index in [0.29, 0.717) is 22.2 Å². The van der Waals surface area contributed by atoms with Crippen molar-refractivity contribution >= 4 is 40.8 Å². The molecule has 1 aliphatic rings. The van der Waals surface area contributed by atoms with Crippen LogP contribution in [0.3, 0.4) is 0 Å². The molecule has 0 saturated carbocycles. The summed E-state index contributed by atoms with van der Waals surface area (Å²) in [7, 11) is 2.03. The predicted molar refractivity (Wildman–Crippen MR) is 152 cm³/mol. The summed E-state index contributed by atoms with van der Waals surface area (Å²) < 4.78 is 19.7. The Balaban J connectivity index is 0.00000222. The van der Waals surface area contributed by atoms with Crippen LogP contribution < -0.4 is 0 Å². The number of hydrogen-bond acceptors (Lipinski definition) is 4. The first kappa shape index (κ1) is 29.5. The third-order valence-electron chi connectivity index (χ3n) is 5.61. The summed E-state index contributed by atoms with van der Waals surface area (Å²) in [4.78, 5) is 11.1. The van der Waals surface area contributed by atoms with Crippen LogP contribution in [0.2, 0.25) is 0 Å². The third kappa shape index (κ3) is 7.89.